The number of halogens is 4. The summed E-state index contributed by atoms with van der Waals surface area (Å²) in [6, 6.07) is 4.95. The molecule has 3 N–H and O–H groups in total. The van der Waals surface area contributed by atoms with Crippen molar-refractivity contribution in [2.24, 2.45) is 4.99 Å². The highest BCUT2D eigenvalue weighted by atomic mass is 127. The summed E-state index contributed by atoms with van der Waals surface area (Å²) in [7, 11) is 1.66. The zero-order valence-corrected chi connectivity index (χ0v) is 18.0. The van der Waals surface area contributed by atoms with Gasteiger partial charge in [-0.1, -0.05) is 13.0 Å². The number of aromatic nitrogens is 2. The number of nitrogens with one attached hydrogen (secondary N) is 3. The van der Waals surface area contributed by atoms with E-state index in [2.05, 4.69) is 43.9 Å². The van der Waals surface area contributed by atoms with Gasteiger partial charge in [0.25, 0.3) is 0 Å². The largest absolute Gasteiger partial charge is 0.433 e. The summed E-state index contributed by atoms with van der Waals surface area (Å²) >= 11 is 1.71. The molecule has 0 aliphatic carbocycles. The highest BCUT2D eigenvalue weighted by Gasteiger charge is 2.32. The van der Waals surface area contributed by atoms with Crippen molar-refractivity contribution in [2.75, 3.05) is 32.0 Å². The quantitative estimate of drug-likeness (QED) is 0.228. The number of nitrogens with zero attached hydrogens (tertiary/aromatic N) is 3. The van der Waals surface area contributed by atoms with Crippen LogP contribution in [0, 0.1) is 0 Å². The lowest BCUT2D eigenvalue weighted by Gasteiger charge is -2.15. The Morgan fingerprint density at radius 1 is 1.26 bits per heavy atom. The first-order valence-corrected chi connectivity index (χ1v) is 8.90. The maximum Gasteiger partial charge on any atom is 0.433 e. The maximum atomic E-state index is 12.6. The third-order valence-corrected chi connectivity index (χ3v) is 4.58. The molecule has 0 aliphatic heterocycles. The molecule has 2 aromatic rings. The fourth-order valence-corrected chi connectivity index (χ4v) is 2.89. The van der Waals surface area contributed by atoms with Gasteiger partial charge in [-0.3, -0.25) is 4.99 Å². The molecule has 0 aromatic carbocycles. The van der Waals surface area contributed by atoms with Crippen molar-refractivity contribution in [2.45, 2.75) is 19.0 Å². The molecule has 11 heteroatoms. The van der Waals surface area contributed by atoms with Crippen molar-refractivity contribution in [3.8, 4) is 0 Å². The molecule has 2 heterocycles. The number of hydrogen-bond acceptors (Lipinski definition) is 5. The summed E-state index contributed by atoms with van der Waals surface area (Å²) in [5, 5.41) is 11.1. The standard InChI is InChI=1S/C16H21F3N6S.HI/c1-11(12-4-3-9-26-12)10-24-14(20-2)22-7-8-23-15-21-6-5-13(25-15)16(17,18)19;/h3-6,9,11H,7-8,10H2,1-2H3,(H2,20,22,24)(H,21,23,25);1H. The van der Waals surface area contributed by atoms with E-state index in [1.165, 1.54) is 4.88 Å². The van der Waals surface area contributed by atoms with Gasteiger partial charge in [0, 0.05) is 43.7 Å². The molecule has 2 rings (SSSR count). The molecular formula is C16H22F3IN6S. The van der Waals surface area contributed by atoms with Gasteiger partial charge < -0.3 is 16.0 Å². The lowest BCUT2D eigenvalue weighted by molar-refractivity contribution is -0.141. The lowest BCUT2D eigenvalue weighted by Crippen LogP contribution is -2.41. The fourth-order valence-electron chi connectivity index (χ4n) is 2.10. The zero-order chi connectivity index (χ0) is 19.0. The highest BCUT2D eigenvalue weighted by molar-refractivity contribution is 14.0. The van der Waals surface area contributed by atoms with E-state index < -0.39 is 11.9 Å². The van der Waals surface area contributed by atoms with E-state index in [0.29, 0.717) is 25.0 Å². The first-order valence-electron chi connectivity index (χ1n) is 8.02. The lowest BCUT2D eigenvalue weighted by atomic mass is 10.1. The van der Waals surface area contributed by atoms with Crippen LogP contribution < -0.4 is 16.0 Å². The normalized spacial score (nSPS) is 12.9. The van der Waals surface area contributed by atoms with Crippen molar-refractivity contribution in [3.05, 3.63) is 40.3 Å². The SMILES string of the molecule is CN=C(NCCNc1nccc(C(F)(F)F)n1)NCC(C)c1cccs1.I. The summed E-state index contributed by atoms with van der Waals surface area (Å²) in [5.74, 6) is 0.918. The summed E-state index contributed by atoms with van der Waals surface area (Å²) < 4.78 is 37.8. The van der Waals surface area contributed by atoms with Gasteiger partial charge >= 0.3 is 6.18 Å². The topological polar surface area (TPSA) is 74.2 Å². The Kier molecular flexibility index (Phi) is 9.77. The van der Waals surface area contributed by atoms with E-state index in [4.69, 9.17) is 0 Å². The molecular weight excluding hydrogens is 492 g/mol. The number of anilines is 1. The first-order chi connectivity index (χ1) is 12.4. The Morgan fingerprint density at radius 2 is 2.04 bits per heavy atom. The summed E-state index contributed by atoms with van der Waals surface area (Å²) in [5.41, 5.74) is -0.969. The third kappa shape index (κ3) is 7.87. The maximum absolute atomic E-state index is 12.6. The predicted molar refractivity (Wildman–Crippen MR) is 113 cm³/mol. The van der Waals surface area contributed by atoms with Gasteiger partial charge in [0.2, 0.25) is 5.95 Å². The van der Waals surface area contributed by atoms with Gasteiger partial charge in [0.05, 0.1) is 0 Å². The Morgan fingerprint density at radius 3 is 2.67 bits per heavy atom. The van der Waals surface area contributed by atoms with Crippen LogP contribution in [0.1, 0.15) is 23.4 Å². The number of aliphatic imine (C=N–C) groups is 1. The second kappa shape index (κ2) is 11.3. The average Bonchev–Trinajstić information content (AvgIpc) is 3.15. The van der Waals surface area contributed by atoms with E-state index >= 15 is 0 Å². The van der Waals surface area contributed by atoms with Crippen LogP contribution >= 0.6 is 35.3 Å². The number of alkyl halides is 3. The van der Waals surface area contributed by atoms with Crippen LogP contribution in [0.5, 0.6) is 0 Å². The smallest absolute Gasteiger partial charge is 0.356 e. The summed E-state index contributed by atoms with van der Waals surface area (Å²) in [6.07, 6.45) is -3.40. The molecule has 2 aromatic heterocycles. The van der Waals surface area contributed by atoms with E-state index in [1.807, 2.05) is 11.4 Å². The molecule has 0 amide bonds. The second-order valence-corrected chi connectivity index (χ2v) is 6.47. The van der Waals surface area contributed by atoms with E-state index in [1.54, 1.807) is 18.4 Å². The molecule has 0 aliphatic rings. The van der Waals surface area contributed by atoms with Crippen LogP contribution in [-0.2, 0) is 6.18 Å². The van der Waals surface area contributed by atoms with Crippen LogP contribution in [0.3, 0.4) is 0 Å². The minimum atomic E-state index is -4.48. The average molecular weight is 514 g/mol. The van der Waals surface area contributed by atoms with Gasteiger partial charge in [-0.2, -0.15) is 13.2 Å². The number of thiophene rings is 1. The van der Waals surface area contributed by atoms with Crippen LogP contribution in [0.15, 0.2) is 34.8 Å². The van der Waals surface area contributed by atoms with Crippen LogP contribution in [0.4, 0.5) is 19.1 Å². The molecule has 0 saturated heterocycles. The van der Waals surface area contributed by atoms with Crippen LogP contribution in [-0.4, -0.2) is 42.6 Å². The minimum Gasteiger partial charge on any atom is -0.356 e. The van der Waals surface area contributed by atoms with Gasteiger partial charge in [-0.25, -0.2) is 9.97 Å². The van der Waals surface area contributed by atoms with Crippen molar-refractivity contribution in [1.29, 1.82) is 0 Å². The van der Waals surface area contributed by atoms with Crippen molar-refractivity contribution in [1.82, 2.24) is 20.6 Å². The van der Waals surface area contributed by atoms with Crippen molar-refractivity contribution >= 4 is 47.2 Å². The second-order valence-electron chi connectivity index (χ2n) is 5.49. The first kappa shape index (κ1) is 23.4. The Hall–Kier alpha value is -1.63. The molecule has 27 heavy (non-hydrogen) atoms. The summed E-state index contributed by atoms with van der Waals surface area (Å²) in [6.45, 7) is 3.65. The Bertz CT molecular complexity index is 708. The minimum absolute atomic E-state index is 0. The fraction of sp³-hybridized carbons (Fsp3) is 0.438. The molecule has 1 unspecified atom stereocenters. The molecule has 0 bridgehead atoms. The third-order valence-electron chi connectivity index (χ3n) is 3.47. The predicted octanol–water partition coefficient (Wildman–Crippen LogP) is 3.56. The summed E-state index contributed by atoms with van der Waals surface area (Å²) in [4.78, 5) is 12.6. The van der Waals surface area contributed by atoms with Gasteiger partial charge in [0.1, 0.15) is 5.69 Å². The van der Waals surface area contributed by atoms with Crippen molar-refractivity contribution < 1.29 is 13.2 Å². The van der Waals surface area contributed by atoms with Crippen LogP contribution in [0.2, 0.25) is 0 Å². The molecule has 1 atom stereocenters. The van der Waals surface area contributed by atoms with Gasteiger partial charge in [-0.15, -0.1) is 35.3 Å². The highest BCUT2D eigenvalue weighted by Crippen LogP contribution is 2.27. The van der Waals surface area contributed by atoms with Gasteiger partial charge in [-0.05, 0) is 17.5 Å². The van der Waals surface area contributed by atoms with Crippen LogP contribution in [0.25, 0.3) is 0 Å². The molecule has 6 nitrogen and oxygen atoms in total. The Balaban J connectivity index is 0.00000364. The van der Waals surface area contributed by atoms with E-state index in [9.17, 15) is 13.2 Å². The Labute approximate surface area is 177 Å². The molecule has 0 saturated carbocycles. The molecule has 0 radical (unpaired) electrons. The molecule has 150 valence electrons. The number of rotatable bonds is 7. The molecule has 0 fully saturated rings. The van der Waals surface area contributed by atoms with E-state index in [0.717, 1.165) is 18.8 Å². The molecule has 0 spiro atoms. The number of guanidine groups is 1. The van der Waals surface area contributed by atoms with Crippen molar-refractivity contribution in [3.63, 3.8) is 0 Å². The van der Waals surface area contributed by atoms with E-state index in [-0.39, 0.29) is 29.9 Å². The number of hydrogen-bond donors (Lipinski definition) is 3. The van der Waals surface area contributed by atoms with Gasteiger partial charge in [0.15, 0.2) is 5.96 Å². The zero-order valence-electron chi connectivity index (χ0n) is 14.9. The monoisotopic (exact) mass is 514 g/mol.